The normalized spacial score (nSPS) is 14.7. The average molecular weight is 545 g/mol. The van der Waals surface area contributed by atoms with E-state index in [1.54, 1.807) is 36.4 Å². The second kappa shape index (κ2) is 12.5. The third-order valence-corrected chi connectivity index (χ3v) is 6.56. The second-order valence-corrected chi connectivity index (χ2v) is 9.92. The number of esters is 2. The van der Waals surface area contributed by atoms with Gasteiger partial charge in [0.25, 0.3) is 5.91 Å². The van der Waals surface area contributed by atoms with Crippen LogP contribution in [-0.2, 0) is 23.9 Å². The van der Waals surface area contributed by atoms with Gasteiger partial charge < -0.3 is 24.4 Å². The van der Waals surface area contributed by atoms with E-state index in [1.807, 2.05) is 13.0 Å². The number of hydrogen-bond donors (Lipinski definition) is 1. The summed E-state index contributed by atoms with van der Waals surface area (Å²) in [5.41, 5.74) is 3.63. The van der Waals surface area contributed by atoms with Crippen molar-refractivity contribution in [1.29, 1.82) is 0 Å². The first-order chi connectivity index (χ1) is 19.1. The van der Waals surface area contributed by atoms with E-state index in [0.717, 1.165) is 16.9 Å². The number of anilines is 2. The zero-order valence-electron chi connectivity index (χ0n) is 22.9. The number of benzene rings is 3. The Morgan fingerprint density at radius 2 is 1.70 bits per heavy atom. The minimum atomic E-state index is -0.684. The number of amides is 2. The Labute approximate surface area is 233 Å². The maximum absolute atomic E-state index is 12.7. The van der Waals surface area contributed by atoms with Gasteiger partial charge in [-0.05, 0) is 78.6 Å². The molecule has 1 heterocycles. The number of carbonyl (C=O) groups is 4. The lowest BCUT2D eigenvalue weighted by molar-refractivity contribution is -0.151. The molecule has 0 aromatic heterocycles. The third kappa shape index (κ3) is 6.85. The number of ether oxygens (including phenoxy) is 3. The molecule has 1 aliphatic heterocycles. The van der Waals surface area contributed by atoms with E-state index in [1.165, 1.54) is 24.1 Å². The molecular weight excluding hydrogens is 512 g/mol. The molecule has 1 N–H and O–H groups in total. The molecule has 9 nitrogen and oxygen atoms in total. The predicted octanol–water partition coefficient (Wildman–Crippen LogP) is 5.23. The van der Waals surface area contributed by atoms with Crippen molar-refractivity contribution in [3.63, 3.8) is 0 Å². The highest BCUT2D eigenvalue weighted by Gasteiger charge is 2.36. The molecule has 40 heavy (non-hydrogen) atoms. The lowest BCUT2D eigenvalue weighted by Crippen LogP contribution is -2.28. The number of nitrogens with one attached hydrogen (secondary N) is 1. The zero-order valence-corrected chi connectivity index (χ0v) is 22.9. The predicted molar refractivity (Wildman–Crippen MR) is 150 cm³/mol. The van der Waals surface area contributed by atoms with Gasteiger partial charge in [0, 0.05) is 24.3 Å². The molecule has 9 heteroatoms. The summed E-state index contributed by atoms with van der Waals surface area (Å²) in [7, 11) is 1.28. The molecule has 1 fully saturated rings. The van der Waals surface area contributed by atoms with Gasteiger partial charge >= 0.3 is 11.9 Å². The van der Waals surface area contributed by atoms with E-state index in [0.29, 0.717) is 28.6 Å². The van der Waals surface area contributed by atoms with Crippen molar-refractivity contribution in [3.8, 4) is 11.5 Å². The van der Waals surface area contributed by atoms with Gasteiger partial charge in [0.1, 0.15) is 11.5 Å². The number of carbonyl (C=O) groups excluding carboxylic acids is 4. The van der Waals surface area contributed by atoms with E-state index >= 15 is 0 Å². The summed E-state index contributed by atoms with van der Waals surface area (Å²) in [4.78, 5) is 50.5. The number of hydrogen-bond acceptors (Lipinski definition) is 7. The van der Waals surface area contributed by atoms with Crippen molar-refractivity contribution in [1.82, 2.24) is 0 Å². The molecule has 3 aromatic rings. The molecule has 3 aromatic carbocycles. The molecule has 0 bridgehead atoms. The molecule has 0 aliphatic carbocycles. The standard InChI is InChI=1S/C31H32N2O7/c1-19(2)26-14-5-20(3)15-27(26)40-25-12-10-24(11-13-25)33-17-22(16-29(33)35)31(37)39-18-28(34)32-23-8-6-21(7-9-23)30(36)38-4/h5-15,19,22H,16-18H2,1-4H3,(H,32,34)/t22-/m0/s1. The van der Waals surface area contributed by atoms with Gasteiger partial charge in [-0.2, -0.15) is 0 Å². The van der Waals surface area contributed by atoms with Gasteiger partial charge in [0.15, 0.2) is 6.61 Å². The number of nitrogens with zero attached hydrogens (tertiary/aromatic N) is 1. The monoisotopic (exact) mass is 544 g/mol. The third-order valence-electron chi connectivity index (χ3n) is 6.56. The van der Waals surface area contributed by atoms with Crippen molar-refractivity contribution < 1.29 is 33.4 Å². The average Bonchev–Trinajstić information content (AvgIpc) is 3.33. The quantitative estimate of drug-likeness (QED) is 0.367. The molecule has 0 unspecified atom stereocenters. The Hall–Kier alpha value is -4.66. The van der Waals surface area contributed by atoms with Gasteiger partial charge in [-0.1, -0.05) is 26.0 Å². The minimum Gasteiger partial charge on any atom is -0.465 e. The minimum absolute atomic E-state index is 0.00522. The van der Waals surface area contributed by atoms with Crippen molar-refractivity contribution >= 4 is 35.1 Å². The van der Waals surface area contributed by atoms with Gasteiger partial charge in [-0.25, -0.2) is 4.79 Å². The van der Waals surface area contributed by atoms with Gasteiger partial charge in [-0.15, -0.1) is 0 Å². The van der Waals surface area contributed by atoms with Crippen molar-refractivity contribution in [2.75, 3.05) is 30.5 Å². The van der Waals surface area contributed by atoms with E-state index in [-0.39, 0.29) is 18.9 Å². The van der Waals surface area contributed by atoms with Crippen LogP contribution < -0.4 is 15.0 Å². The maximum Gasteiger partial charge on any atom is 0.337 e. The Bertz CT molecular complexity index is 1400. The summed E-state index contributed by atoms with van der Waals surface area (Å²) in [5, 5.41) is 2.59. The Morgan fingerprint density at radius 1 is 1.00 bits per heavy atom. The maximum atomic E-state index is 12.7. The smallest absolute Gasteiger partial charge is 0.337 e. The summed E-state index contributed by atoms with van der Waals surface area (Å²) < 4.78 is 16.0. The molecule has 0 spiro atoms. The summed E-state index contributed by atoms with van der Waals surface area (Å²) >= 11 is 0. The summed E-state index contributed by atoms with van der Waals surface area (Å²) in [6, 6.07) is 19.4. The van der Waals surface area contributed by atoms with Crippen LogP contribution in [0.1, 0.15) is 47.7 Å². The molecule has 0 radical (unpaired) electrons. The van der Waals surface area contributed by atoms with E-state index < -0.39 is 30.4 Å². The van der Waals surface area contributed by atoms with Gasteiger partial charge in [0.05, 0.1) is 18.6 Å². The van der Waals surface area contributed by atoms with Crippen molar-refractivity contribution in [2.45, 2.75) is 33.1 Å². The fourth-order valence-corrected chi connectivity index (χ4v) is 4.40. The highest BCUT2D eigenvalue weighted by molar-refractivity contribution is 6.00. The van der Waals surface area contributed by atoms with Crippen LogP contribution in [0.4, 0.5) is 11.4 Å². The van der Waals surface area contributed by atoms with Gasteiger partial charge in [-0.3, -0.25) is 14.4 Å². The number of rotatable bonds is 9. The van der Waals surface area contributed by atoms with E-state index in [4.69, 9.17) is 9.47 Å². The van der Waals surface area contributed by atoms with Gasteiger partial charge in [0.2, 0.25) is 5.91 Å². The van der Waals surface area contributed by atoms with Crippen LogP contribution in [0, 0.1) is 12.8 Å². The lowest BCUT2D eigenvalue weighted by Gasteiger charge is -2.18. The lowest BCUT2D eigenvalue weighted by atomic mass is 10.0. The first-order valence-corrected chi connectivity index (χ1v) is 13.0. The summed E-state index contributed by atoms with van der Waals surface area (Å²) in [6.45, 7) is 5.90. The molecule has 4 rings (SSSR count). The molecule has 208 valence electrons. The summed E-state index contributed by atoms with van der Waals surface area (Å²) in [6.07, 6.45) is -0.00522. The van der Waals surface area contributed by atoms with Crippen LogP contribution >= 0.6 is 0 Å². The van der Waals surface area contributed by atoms with Crippen LogP contribution in [-0.4, -0.2) is 44.0 Å². The number of aryl methyl sites for hydroxylation is 1. The molecule has 2 amide bonds. The zero-order chi connectivity index (χ0) is 28.8. The highest BCUT2D eigenvalue weighted by atomic mass is 16.5. The SMILES string of the molecule is COC(=O)c1ccc(NC(=O)COC(=O)[C@H]2CC(=O)N(c3ccc(Oc4cc(C)ccc4C(C)C)cc3)C2)cc1. The molecule has 1 atom stereocenters. The van der Waals surface area contributed by atoms with Crippen LogP contribution in [0.3, 0.4) is 0 Å². The van der Waals surface area contributed by atoms with E-state index in [9.17, 15) is 19.2 Å². The Morgan fingerprint density at radius 3 is 2.35 bits per heavy atom. The van der Waals surface area contributed by atoms with Crippen LogP contribution in [0.15, 0.2) is 66.7 Å². The Balaban J connectivity index is 1.30. The van der Waals surface area contributed by atoms with Crippen LogP contribution in [0.2, 0.25) is 0 Å². The van der Waals surface area contributed by atoms with E-state index in [2.05, 4.69) is 36.0 Å². The molecular formula is C31H32N2O7. The molecule has 0 saturated carbocycles. The summed E-state index contributed by atoms with van der Waals surface area (Å²) in [5.74, 6) is -0.783. The highest BCUT2D eigenvalue weighted by Crippen LogP contribution is 2.33. The number of methoxy groups -OCH3 is 1. The fraction of sp³-hybridized carbons (Fsp3) is 0.290. The molecule has 1 aliphatic rings. The second-order valence-electron chi connectivity index (χ2n) is 9.92. The first kappa shape index (κ1) is 28.4. The molecule has 1 saturated heterocycles. The van der Waals surface area contributed by atoms with Crippen LogP contribution in [0.25, 0.3) is 0 Å². The fourth-order valence-electron chi connectivity index (χ4n) is 4.40. The van der Waals surface area contributed by atoms with Crippen molar-refractivity contribution in [3.05, 3.63) is 83.4 Å². The topological polar surface area (TPSA) is 111 Å². The van der Waals surface area contributed by atoms with Crippen LogP contribution in [0.5, 0.6) is 11.5 Å². The largest absolute Gasteiger partial charge is 0.465 e. The Kier molecular flexibility index (Phi) is 8.83. The van der Waals surface area contributed by atoms with Crippen molar-refractivity contribution in [2.24, 2.45) is 5.92 Å². The first-order valence-electron chi connectivity index (χ1n) is 13.0.